The topological polar surface area (TPSA) is 71.2 Å². The Balaban J connectivity index is 2.20. The van der Waals surface area contributed by atoms with E-state index in [1.807, 2.05) is 7.05 Å². The Morgan fingerprint density at radius 3 is 2.82 bits per heavy atom. The molecule has 1 aromatic heterocycles. The Kier molecular flexibility index (Phi) is 3.49. The van der Waals surface area contributed by atoms with Crippen LogP contribution in [0.15, 0.2) is 12.1 Å². The van der Waals surface area contributed by atoms with Crippen molar-refractivity contribution in [3.05, 3.63) is 22.8 Å². The number of hydrazine groups is 1. The number of anilines is 1. The highest BCUT2D eigenvalue weighted by Crippen LogP contribution is 2.25. The summed E-state index contributed by atoms with van der Waals surface area (Å²) in [6.45, 7) is 0. The van der Waals surface area contributed by atoms with Gasteiger partial charge in [-0.1, -0.05) is 11.6 Å². The molecular weight excluding hydrogens is 240 g/mol. The minimum atomic E-state index is -0.0458. The first kappa shape index (κ1) is 12.1. The van der Waals surface area contributed by atoms with Crippen LogP contribution in [0.4, 0.5) is 5.82 Å². The molecule has 1 fully saturated rings. The van der Waals surface area contributed by atoms with Crippen molar-refractivity contribution in [1.29, 1.82) is 0 Å². The fraction of sp³-hybridized carbons (Fsp3) is 0.455. The van der Waals surface area contributed by atoms with Crippen molar-refractivity contribution in [3.8, 4) is 0 Å². The lowest BCUT2D eigenvalue weighted by Gasteiger charge is -2.34. The van der Waals surface area contributed by atoms with E-state index in [0.29, 0.717) is 17.4 Å². The summed E-state index contributed by atoms with van der Waals surface area (Å²) in [4.78, 5) is 17.9. The van der Waals surface area contributed by atoms with Crippen LogP contribution in [-0.4, -0.2) is 28.9 Å². The van der Waals surface area contributed by atoms with Gasteiger partial charge in [-0.3, -0.25) is 4.79 Å². The molecule has 6 heteroatoms. The van der Waals surface area contributed by atoms with Gasteiger partial charge in [0.05, 0.1) is 0 Å². The average Bonchev–Trinajstić information content (AvgIpc) is 2.24. The van der Waals surface area contributed by atoms with E-state index in [1.54, 1.807) is 17.0 Å². The summed E-state index contributed by atoms with van der Waals surface area (Å²) in [5.74, 6) is 5.61. The number of amides is 1. The molecule has 0 unspecified atom stereocenters. The lowest BCUT2D eigenvalue weighted by atomic mass is 9.91. The molecule has 1 heterocycles. The van der Waals surface area contributed by atoms with E-state index in [4.69, 9.17) is 17.4 Å². The quantitative estimate of drug-likeness (QED) is 0.489. The van der Waals surface area contributed by atoms with E-state index in [-0.39, 0.29) is 11.1 Å². The van der Waals surface area contributed by atoms with Gasteiger partial charge in [0.2, 0.25) is 0 Å². The van der Waals surface area contributed by atoms with Crippen molar-refractivity contribution in [3.63, 3.8) is 0 Å². The number of hydrogen-bond acceptors (Lipinski definition) is 4. The number of hydrogen-bond donors (Lipinski definition) is 2. The third-order valence-electron chi connectivity index (χ3n) is 3.13. The fourth-order valence-corrected chi connectivity index (χ4v) is 2.05. The maximum Gasteiger partial charge on any atom is 0.254 e. The Morgan fingerprint density at radius 1 is 1.59 bits per heavy atom. The second kappa shape index (κ2) is 4.89. The van der Waals surface area contributed by atoms with Gasteiger partial charge >= 0.3 is 0 Å². The molecule has 0 saturated heterocycles. The Bertz CT molecular complexity index is 433. The standard InChI is InChI=1S/C11H15ClN4O/c1-16(8-3-2-4-8)11(17)7-5-9(12)14-10(6-7)15-13/h5-6,8H,2-4,13H2,1H3,(H,14,15). The Labute approximate surface area is 105 Å². The van der Waals surface area contributed by atoms with Gasteiger partial charge in [0.1, 0.15) is 11.0 Å². The summed E-state index contributed by atoms with van der Waals surface area (Å²) in [6.07, 6.45) is 3.33. The van der Waals surface area contributed by atoms with Gasteiger partial charge < -0.3 is 10.3 Å². The molecule has 3 N–H and O–H groups in total. The first-order chi connectivity index (χ1) is 8.11. The largest absolute Gasteiger partial charge is 0.339 e. The minimum absolute atomic E-state index is 0.0458. The number of carbonyl (C=O) groups excluding carboxylic acids is 1. The molecule has 1 aromatic rings. The van der Waals surface area contributed by atoms with Crippen LogP contribution in [0.3, 0.4) is 0 Å². The van der Waals surface area contributed by atoms with E-state index in [9.17, 15) is 4.79 Å². The molecule has 0 aliphatic heterocycles. The molecule has 1 saturated carbocycles. The summed E-state index contributed by atoms with van der Waals surface area (Å²) in [5, 5.41) is 0.255. The maximum absolute atomic E-state index is 12.2. The number of nitrogens with one attached hydrogen (secondary N) is 1. The number of pyridine rings is 1. The molecule has 0 bridgehead atoms. The molecule has 0 atom stereocenters. The smallest absolute Gasteiger partial charge is 0.254 e. The van der Waals surface area contributed by atoms with Crippen molar-refractivity contribution in [1.82, 2.24) is 9.88 Å². The van der Waals surface area contributed by atoms with Crippen molar-refractivity contribution in [2.75, 3.05) is 12.5 Å². The number of halogens is 1. The van der Waals surface area contributed by atoms with E-state index < -0.39 is 0 Å². The molecule has 0 radical (unpaired) electrons. The molecular formula is C11H15ClN4O. The first-order valence-electron chi connectivity index (χ1n) is 5.53. The van der Waals surface area contributed by atoms with Crippen LogP contribution < -0.4 is 11.3 Å². The molecule has 0 aromatic carbocycles. The maximum atomic E-state index is 12.2. The van der Waals surface area contributed by atoms with Crippen LogP contribution in [0.2, 0.25) is 5.15 Å². The highest BCUT2D eigenvalue weighted by molar-refractivity contribution is 6.29. The van der Waals surface area contributed by atoms with E-state index in [2.05, 4.69) is 10.4 Å². The summed E-state index contributed by atoms with van der Waals surface area (Å²) >= 11 is 5.83. The molecule has 2 rings (SSSR count). The molecule has 0 spiro atoms. The number of carbonyl (C=O) groups is 1. The van der Waals surface area contributed by atoms with Crippen LogP contribution in [0, 0.1) is 0 Å². The number of nitrogens with zero attached hydrogens (tertiary/aromatic N) is 2. The van der Waals surface area contributed by atoms with Crippen molar-refractivity contribution >= 4 is 23.3 Å². The monoisotopic (exact) mass is 254 g/mol. The summed E-state index contributed by atoms with van der Waals surface area (Å²) < 4.78 is 0. The first-order valence-corrected chi connectivity index (χ1v) is 5.91. The third kappa shape index (κ3) is 2.50. The highest BCUT2D eigenvalue weighted by atomic mass is 35.5. The molecule has 1 amide bonds. The summed E-state index contributed by atoms with van der Waals surface area (Å²) in [6, 6.07) is 3.51. The summed E-state index contributed by atoms with van der Waals surface area (Å²) in [7, 11) is 1.82. The lowest BCUT2D eigenvalue weighted by Crippen LogP contribution is -2.41. The molecule has 17 heavy (non-hydrogen) atoms. The average molecular weight is 255 g/mol. The van der Waals surface area contributed by atoms with E-state index in [1.165, 1.54) is 6.42 Å². The minimum Gasteiger partial charge on any atom is -0.339 e. The van der Waals surface area contributed by atoms with Crippen molar-refractivity contribution in [2.24, 2.45) is 5.84 Å². The SMILES string of the molecule is CN(C(=O)c1cc(Cl)nc(NN)c1)C1CCC1. The third-order valence-corrected chi connectivity index (χ3v) is 3.33. The molecule has 1 aliphatic rings. The molecule has 5 nitrogen and oxygen atoms in total. The zero-order valence-electron chi connectivity index (χ0n) is 9.61. The zero-order valence-corrected chi connectivity index (χ0v) is 10.4. The van der Waals surface area contributed by atoms with Gasteiger partial charge in [-0.2, -0.15) is 0 Å². The summed E-state index contributed by atoms with van der Waals surface area (Å²) in [5.41, 5.74) is 2.90. The van der Waals surface area contributed by atoms with Gasteiger partial charge in [-0.15, -0.1) is 0 Å². The van der Waals surface area contributed by atoms with Gasteiger partial charge in [0, 0.05) is 18.7 Å². The zero-order chi connectivity index (χ0) is 12.4. The number of rotatable bonds is 3. The van der Waals surface area contributed by atoms with Crippen molar-refractivity contribution in [2.45, 2.75) is 25.3 Å². The highest BCUT2D eigenvalue weighted by Gasteiger charge is 2.26. The second-order valence-electron chi connectivity index (χ2n) is 4.21. The number of aromatic nitrogens is 1. The van der Waals surface area contributed by atoms with Crippen LogP contribution in [0.5, 0.6) is 0 Å². The van der Waals surface area contributed by atoms with Crippen LogP contribution in [0.25, 0.3) is 0 Å². The predicted molar refractivity (Wildman–Crippen MR) is 66.8 cm³/mol. The number of nitrogen functional groups attached to an aromatic ring is 1. The predicted octanol–water partition coefficient (Wildman–Crippen LogP) is 1.65. The molecule has 92 valence electrons. The molecule has 1 aliphatic carbocycles. The van der Waals surface area contributed by atoms with Crippen LogP contribution >= 0.6 is 11.6 Å². The number of nitrogens with two attached hydrogens (primary N) is 1. The normalized spacial score (nSPS) is 15.2. The lowest BCUT2D eigenvalue weighted by molar-refractivity contribution is 0.0652. The van der Waals surface area contributed by atoms with Gasteiger partial charge in [-0.25, -0.2) is 10.8 Å². The van der Waals surface area contributed by atoms with E-state index in [0.717, 1.165) is 12.8 Å². The Hall–Kier alpha value is -1.33. The van der Waals surface area contributed by atoms with Crippen LogP contribution in [-0.2, 0) is 0 Å². The fourth-order valence-electron chi connectivity index (χ4n) is 1.84. The van der Waals surface area contributed by atoms with Crippen molar-refractivity contribution < 1.29 is 4.79 Å². The van der Waals surface area contributed by atoms with Crippen LogP contribution in [0.1, 0.15) is 29.6 Å². The van der Waals surface area contributed by atoms with Gasteiger partial charge in [0.25, 0.3) is 5.91 Å². The van der Waals surface area contributed by atoms with Gasteiger partial charge in [0.15, 0.2) is 0 Å². The Morgan fingerprint density at radius 2 is 2.29 bits per heavy atom. The van der Waals surface area contributed by atoms with Gasteiger partial charge in [-0.05, 0) is 31.4 Å². The second-order valence-corrected chi connectivity index (χ2v) is 4.60. The van der Waals surface area contributed by atoms with E-state index >= 15 is 0 Å².